The number of carbonyl (C=O) groups excluding carboxylic acids is 2. The van der Waals surface area contributed by atoms with Crippen molar-refractivity contribution in [3.63, 3.8) is 0 Å². The molecule has 4 rings (SSSR count). The van der Waals surface area contributed by atoms with Crippen molar-refractivity contribution in [2.75, 3.05) is 17.9 Å². The quantitative estimate of drug-likeness (QED) is 0.454. The van der Waals surface area contributed by atoms with Crippen LogP contribution in [-0.2, 0) is 18.3 Å². The summed E-state index contributed by atoms with van der Waals surface area (Å²) in [6.45, 7) is 1.54. The van der Waals surface area contributed by atoms with Gasteiger partial charge in [0.05, 0.1) is 11.4 Å². The van der Waals surface area contributed by atoms with E-state index in [1.165, 1.54) is 23.6 Å². The molecule has 1 aliphatic heterocycles. The fraction of sp³-hybridized carbons (Fsp3) is 0.263. The maximum atomic E-state index is 12.5. The number of fused-ring (bicyclic) bond motifs is 1. The van der Waals surface area contributed by atoms with E-state index in [-0.39, 0.29) is 24.2 Å². The number of carbonyl (C=O) groups is 2. The van der Waals surface area contributed by atoms with E-state index in [9.17, 15) is 9.59 Å². The molecule has 8 nitrogen and oxygen atoms in total. The van der Waals surface area contributed by atoms with Crippen molar-refractivity contribution in [2.24, 2.45) is 7.05 Å². The highest BCUT2D eigenvalue weighted by Crippen LogP contribution is 2.37. The van der Waals surface area contributed by atoms with Gasteiger partial charge in [0.15, 0.2) is 22.4 Å². The van der Waals surface area contributed by atoms with Gasteiger partial charge in [-0.25, -0.2) is 0 Å². The number of hydrogen-bond donors (Lipinski definition) is 1. The number of aromatic nitrogens is 3. The van der Waals surface area contributed by atoms with Crippen LogP contribution in [0.3, 0.4) is 0 Å². The van der Waals surface area contributed by atoms with Crippen LogP contribution in [0.4, 0.5) is 5.69 Å². The zero-order chi connectivity index (χ0) is 20.4. The first-order valence-electron chi connectivity index (χ1n) is 8.79. The maximum Gasteiger partial charge on any atom is 0.234 e. The molecule has 1 N–H and O–H groups in total. The summed E-state index contributed by atoms with van der Waals surface area (Å²) in [5.74, 6) is 1.56. The number of anilines is 1. The molecule has 150 valence electrons. The monoisotopic (exact) mass is 430 g/mol. The van der Waals surface area contributed by atoms with Crippen LogP contribution in [0.15, 0.2) is 34.8 Å². The molecule has 0 saturated carbocycles. The minimum absolute atomic E-state index is 0.0971. The molecule has 0 fully saturated rings. The molecule has 1 aromatic carbocycles. The van der Waals surface area contributed by atoms with Gasteiger partial charge in [-0.15, -0.1) is 21.5 Å². The lowest BCUT2D eigenvalue weighted by molar-refractivity contribution is -0.113. The standard InChI is InChI=1S/C19H18N4O4S2/c1-11(24)13-7-15-16(27-10-26-15)8-14(13)20-18(25)9-29-19-22-21-17(23(19)2)6-12-4-3-5-28-12/h3-5,7-8H,6,9-10H2,1-2H3,(H,20,25). The van der Waals surface area contributed by atoms with Gasteiger partial charge in [0.2, 0.25) is 12.7 Å². The Kier molecular flexibility index (Phi) is 5.54. The second-order valence-corrected chi connectivity index (χ2v) is 8.33. The zero-order valence-electron chi connectivity index (χ0n) is 15.8. The fourth-order valence-electron chi connectivity index (χ4n) is 2.85. The molecule has 0 saturated heterocycles. The van der Waals surface area contributed by atoms with E-state index in [0.29, 0.717) is 34.3 Å². The van der Waals surface area contributed by atoms with Crippen molar-refractivity contribution in [1.29, 1.82) is 0 Å². The highest BCUT2D eigenvalue weighted by Gasteiger charge is 2.21. The van der Waals surface area contributed by atoms with E-state index in [1.54, 1.807) is 23.5 Å². The van der Waals surface area contributed by atoms with Crippen LogP contribution in [0.5, 0.6) is 11.5 Å². The van der Waals surface area contributed by atoms with E-state index in [0.717, 1.165) is 5.82 Å². The van der Waals surface area contributed by atoms with E-state index < -0.39 is 0 Å². The van der Waals surface area contributed by atoms with Gasteiger partial charge in [0.25, 0.3) is 0 Å². The predicted octanol–water partition coefficient (Wildman–Crippen LogP) is 3.13. The van der Waals surface area contributed by atoms with Gasteiger partial charge >= 0.3 is 0 Å². The predicted molar refractivity (Wildman–Crippen MR) is 110 cm³/mol. The van der Waals surface area contributed by atoms with Crippen LogP contribution in [0, 0.1) is 0 Å². The van der Waals surface area contributed by atoms with Gasteiger partial charge in [0.1, 0.15) is 5.82 Å². The fourth-order valence-corrected chi connectivity index (χ4v) is 4.28. The third-order valence-corrected chi connectivity index (χ3v) is 6.23. The molecule has 1 amide bonds. The van der Waals surface area contributed by atoms with Crippen molar-refractivity contribution in [2.45, 2.75) is 18.5 Å². The highest BCUT2D eigenvalue weighted by atomic mass is 32.2. The first-order valence-corrected chi connectivity index (χ1v) is 10.7. The Morgan fingerprint density at radius 2 is 2.07 bits per heavy atom. The third-order valence-electron chi connectivity index (χ3n) is 4.34. The molecule has 10 heteroatoms. The number of amides is 1. The lowest BCUT2D eigenvalue weighted by atomic mass is 10.1. The van der Waals surface area contributed by atoms with Crippen molar-refractivity contribution in [1.82, 2.24) is 14.8 Å². The van der Waals surface area contributed by atoms with Crippen molar-refractivity contribution >= 4 is 40.5 Å². The van der Waals surface area contributed by atoms with Crippen molar-refractivity contribution in [3.05, 3.63) is 45.9 Å². The molecule has 1 aliphatic rings. The molecule has 3 aromatic rings. The molecule has 0 spiro atoms. The summed E-state index contributed by atoms with van der Waals surface area (Å²) in [4.78, 5) is 25.6. The first-order chi connectivity index (χ1) is 14.0. The van der Waals surface area contributed by atoms with Crippen LogP contribution in [-0.4, -0.2) is 39.0 Å². The largest absolute Gasteiger partial charge is 0.454 e. The average molecular weight is 431 g/mol. The van der Waals surface area contributed by atoms with E-state index in [2.05, 4.69) is 21.6 Å². The SMILES string of the molecule is CC(=O)c1cc2c(cc1NC(=O)CSc1nnc(Cc3cccs3)n1C)OCO2. The number of rotatable bonds is 7. The topological polar surface area (TPSA) is 95.3 Å². The van der Waals surface area contributed by atoms with E-state index in [4.69, 9.17) is 9.47 Å². The number of ketones is 1. The number of Topliss-reactive ketones (excluding diaryl/α,β-unsaturated/α-hetero) is 1. The summed E-state index contributed by atoms with van der Waals surface area (Å²) in [5.41, 5.74) is 0.785. The Hall–Kier alpha value is -2.85. The van der Waals surface area contributed by atoms with Gasteiger partial charge in [0, 0.05) is 30.0 Å². The summed E-state index contributed by atoms with van der Waals surface area (Å²) in [7, 11) is 1.88. The Labute approximate surface area is 175 Å². The van der Waals surface area contributed by atoms with Crippen molar-refractivity contribution in [3.8, 4) is 11.5 Å². The summed E-state index contributed by atoms with van der Waals surface area (Å²) in [5, 5.41) is 13.9. The Balaban J connectivity index is 1.41. The number of hydrogen-bond acceptors (Lipinski definition) is 8. The lowest BCUT2D eigenvalue weighted by Crippen LogP contribution is -2.16. The molecule has 0 radical (unpaired) electrons. The van der Waals surface area contributed by atoms with Gasteiger partial charge in [-0.3, -0.25) is 9.59 Å². The molecule has 2 aromatic heterocycles. The zero-order valence-corrected chi connectivity index (χ0v) is 17.4. The molecular formula is C19H18N4O4S2. The van der Waals surface area contributed by atoms with Gasteiger partial charge in [-0.2, -0.15) is 0 Å². The Morgan fingerprint density at radius 1 is 1.28 bits per heavy atom. The molecule has 0 atom stereocenters. The molecule has 0 bridgehead atoms. The average Bonchev–Trinajstić information content (AvgIpc) is 3.42. The van der Waals surface area contributed by atoms with Gasteiger partial charge in [-0.05, 0) is 24.4 Å². The second kappa shape index (κ2) is 8.26. The molecule has 3 heterocycles. The van der Waals surface area contributed by atoms with Crippen molar-refractivity contribution < 1.29 is 19.1 Å². The van der Waals surface area contributed by atoms with Crippen LogP contribution in [0.1, 0.15) is 28.0 Å². The molecular weight excluding hydrogens is 412 g/mol. The minimum atomic E-state index is -0.251. The molecule has 0 aliphatic carbocycles. The number of thioether (sulfide) groups is 1. The molecule has 29 heavy (non-hydrogen) atoms. The summed E-state index contributed by atoms with van der Waals surface area (Å²) >= 11 is 2.96. The van der Waals surface area contributed by atoms with Crippen LogP contribution in [0.2, 0.25) is 0 Å². The third kappa shape index (κ3) is 4.28. The first kappa shape index (κ1) is 19.5. The summed E-state index contributed by atoms with van der Waals surface area (Å²) in [6, 6.07) is 7.26. The number of benzene rings is 1. The highest BCUT2D eigenvalue weighted by molar-refractivity contribution is 7.99. The van der Waals surface area contributed by atoms with Gasteiger partial charge in [-0.1, -0.05) is 17.8 Å². The van der Waals surface area contributed by atoms with Crippen LogP contribution >= 0.6 is 23.1 Å². The van der Waals surface area contributed by atoms with E-state index >= 15 is 0 Å². The Morgan fingerprint density at radius 3 is 2.79 bits per heavy atom. The maximum absolute atomic E-state index is 12.5. The Bertz CT molecular complexity index is 1060. The summed E-state index contributed by atoms with van der Waals surface area (Å²) in [6.07, 6.45) is 0.701. The normalized spacial score (nSPS) is 12.2. The number of thiophene rings is 1. The lowest BCUT2D eigenvalue weighted by Gasteiger charge is -2.10. The number of ether oxygens (including phenoxy) is 2. The van der Waals surface area contributed by atoms with Crippen LogP contribution in [0.25, 0.3) is 0 Å². The minimum Gasteiger partial charge on any atom is -0.454 e. The van der Waals surface area contributed by atoms with E-state index in [1.807, 2.05) is 23.1 Å². The second-order valence-electron chi connectivity index (χ2n) is 6.36. The smallest absolute Gasteiger partial charge is 0.234 e. The number of nitrogens with zero attached hydrogens (tertiary/aromatic N) is 3. The van der Waals surface area contributed by atoms with Gasteiger partial charge < -0.3 is 19.4 Å². The van der Waals surface area contributed by atoms with Crippen LogP contribution < -0.4 is 14.8 Å². The summed E-state index contributed by atoms with van der Waals surface area (Å²) < 4.78 is 12.5. The molecule has 0 unspecified atom stereocenters. The number of nitrogens with one attached hydrogen (secondary N) is 1.